The number of hydrogen-bond donors (Lipinski definition) is 2. The Labute approximate surface area is 137 Å². The van der Waals surface area contributed by atoms with Crippen molar-refractivity contribution in [1.82, 2.24) is 10.2 Å². The van der Waals surface area contributed by atoms with E-state index in [2.05, 4.69) is 10.6 Å². The van der Waals surface area contributed by atoms with Crippen molar-refractivity contribution in [2.75, 3.05) is 31.5 Å². The Balaban J connectivity index is 1.64. The number of rotatable bonds is 3. The number of hydrogen-bond acceptors (Lipinski definition) is 3. The van der Waals surface area contributed by atoms with Gasteiger partial charge in [-0.2, -0.15) is 0 Å². The lowest BCUT2D eigenvalue weighted by Crippen LogP contribution is -2.36. The van der Waals surface area contributed by atoms with Gasteiger partial charge < -0.3 is 15.5 Å². The quantitative estimate of drug-likeness (QED) is 0.899. The molecule has 2 heterocycles. The van der Waals surface area contributed by atoms with Gasteiger partial charge in [0, 0.05) is 30.3 Å². The SMILES string of the molecule is O=C(Nc1cccc(C(=O)N2CCCCC2)c1)C1CCNCC1. The van der Waals surface area contributed by atoms with Crippen LogP contribution in [0.25, 0.3) is 0 Å². The predicted molar refractivity (Wildman–Crippen MR) is 90.4 cm³/mol. The summed E-state index contributed by atoms with van der Waals surface area (Å²) in [5.41, 5.74) is 1.38. The Morgan fingerprint density at radius 2 is 1.83 bits per heavy atom. The maximum atomic E-state index is 12.5. The highest BCUT2D eigenvalue weighted by atomic mass is 16.2. The molecule has 0 spiro atoms. The van der Waals surface area contributed by atoms with Crippen LogP contribution >= 0.6 is 0 Å². The van der Waals surface area contributed by atoms with Crippen molar-refractivity contribution in [2.45, 2.75) is 32.1 Å². The summed E-state index contributed by atoms with van der Waals surface area (Å²) in [6.45, 7) is 3.46. The predicted octanol–water partition coefficient (Wildman–Crippen LogP) is 2.25. The average molecular weight is 315 g/mol. The van der Waals surface area contributed by atoms with Gasteiger partial charge in [-0.1, -0.05) is 6.07 Å². The number of amides is 2. The van der Waals surface area contributed by atoms with E-state index >= 15 is 0 Å². The first-order valence-electron chi connectivity index (χ1n) is 8.65. The molecule has 2 fully saturated rings. The van der Waals surface area contributed by atoms with Gasteiger partial charge in [-0.05, 0) is 63.4 Å². The van der Waals surface area contributed by atoms with E-state index in [4.69, 9.17) is 0 Å². The Morgan fingerprint density at radius 3 is 2.57 bits per heavy atom. The summed E-state index contributed by atoms with van der Waals surface area (Å²) in [5.74, 6) is 0.203. The number of nitrogens with zero attached hydrogens (tertiary/aromatic N) is 1. The Hall–Kier alpha value is -1.88. The van der Waals surface area contributed by atoms with Crippen LogP contribution in [-0.2, 0) is 4.79 Å². The van der Waals surface area contributed by atoms with Crippen LogP contribution in [0.2, 0.25) is 0 Å². The van der Waals surface area contributed by atoms with E-state index in [1.165, 1.54) is 6.42 Å². The van der Waals surface area contributed by atoms with Gasteiger partial charge in [0.2, 0.25) is 5.91 Å². The number of benzene rings is 1. The average Bonchev–Trinajstić information content (AvgIpc) is 2.63. The molecule has 3 rings (SSSR count). The molecule has 0 radical (unpaired) electrons. The van der Waals surface area contributed by atoms with Gasteiger partial charge in [0.25, 0.3) is 5.91 Å². The Bertz CT molecular complexity index is 561. The molecule has 0 aromatic heterocycles. The highest BCUT2D eigenvalue weighted by molar-refractivity contribution is 5.97. The zero-order valence-corrected chi connectivity index (χ0v) is 13.5. The van der Waals surface area contributed by atoms with E-state index in [1.54, 1.807) is 6.07 Å². The lowest BCUT2D eigenvalue weighted by atomic mass is 9.97. The van der Waals surface area contributed by atoms with Gasteiger partial charge in [-0.15, -0.1) is 0 Å². The number of carbonyl (C=O) groups is 2. The van der Waals surface area contributed by atoms with Gasteiger partial charge in [0.05, 0.1) is 0 Å². The first-order chi connectivity index (χ1) is 11.2. The third-order valence-electron chi connectivity index (χ3n) is 4.73. The maximum Gasteiger partial charge on any atom is 0.253 e. The highest BCUT2D eigenvalue weighted by Crippen LogP contribution is 2.19. The van der Waals surface area contributed by atoms with E-state index in [0.717, 1.165) is 57.5 Å². The standard InChI is InChI=1S/C18H25N3O2/c22-17(14-7-9-19-10-8-14)20-16-6-4-5-15(13-16)18(23)21-11-2-1-3-12-21/h4-6,13-14,19H,1-3,7-12H2,(H,20,22). The molecule has 0 saturated carbocycles. The summed E-state index contributed by atoms with van der Waals surface area (Å²) < 4.78 is 0. The molecule has 2 saturated heterocycles. The van der Waals surface area contributed by atoms with Gasteiger partial charge >= 0.3 is 0 Å². The summed E-state index contributed by atoms with van der Waals surface area (Å²) in [6, 6.07) is 7.33. The minimum Gasteiger partial charge on any atom is -0.339 e. The molecule has 2 aliphatic rings. The van der Waals surface area contributed by atoms with Crippen LogP contribution in [0.15, 0.2) is 24.3 Å². The lowest BCUT2D eigenvalue weighted by molar-refractivity contribution is -0.120. The molecular formula is C18H25N3O2. The fourth-order valence-corrected chi connectivity index (χ4v) is 3.34. The monoisotopic (exact) mass is 315 g/mol. The second-order valence-corrected chi connectivity index (χ2v) is 6.45. The number of piperidine rings is 2. The maximum absolute atomic E-state index is 12.5. The molecule has 124 valence electrons. The topological polar surface area (TPSA) is 61.4 Å². The number of likely N-dealkylation sites (tertiary alicyclic amines) is 1. The second kappa shape index (κ2) is 7.59. The summed E-state index contributed by atoms with van der Waals surface area (Å²) in [5, 5.41) is 6.24. The summed E-state index contributed by atoms with van der Waals surface area (Å²) in [4.78, 5) is 26.8. The molecule has 5 nitrogen and oxygen atoms in total. The summed E-state index contributed by atoms with van der Waals surface area (Å²) in [7, 11) is 0. The van der Waals surface area contributed by atoms with E-state index in [9.17, 15) is 9.59 Å². The van der Waals surface area contributed by atoms with Crippen LogP contribution in [-0.4, -0.2) is 42.9 Å². The third kappa shape index (κ3) is 4.10. The van der Waals surface area contributed by atoms with E-state index < -0.39 is 0 Å². The smallest absolute Gasteiger partial charge is 0.253 e. The van der Waals surface area contributed by atoms with Gasteiger partial charge in [-0.3, -0.25) is 9.59 Å². The zero-order valence-electron chi connectivity index (χ0n) is 13.5. The number of nitrogens with one attached hydrogen (secondary N) is 2. The first-order valence-corrected chi connectivity index (χ1v) is 8.65. The fraction of sp³-hybridized carbons (Fsp3) is 0.556. The highest BCUT2D eigenvalue weighted by Gasteiger charge is 2.22. The molecular weight excluding hydrogens is 290 g/mol. The molecule has 0 unspecified atom stereocenters. The molecule has 0 aliphatic carbocycles. The molecule has 23 heavy (non-hydrogen) atoms. The van der Waals surface area contributed by atoms with Crippen LogP contribution in [0.5, 0.6) is 0 Å². The van der Waals surface area contributed by atoms with Crippen LogP contribution in [0.4, 0.5) is 5.69 Å². The molecule has 1 aromatic carbocycles. The van der Waals surface area contributed by atoms with Crippen LogP contribution in [0.1, 0.15) is 42.5 Å². The van der Waals surface area contributed by atoms with Crippen LogP contribution < -0.4 is 10.6 Å². The molecule has 2 N–H and O–H groups in total. The minimum absolute atomic E-state index is 0.0640. The molecule has 2 aliphatic heterocycles. The van der Waals surface area contributed by atoms with Crippen LogP contribution in [0, 0.1) is 5.92 Å². The van der Waals surface area contributed by atoms with Gasteiger partial charge in [0.15, 0.2) is 0 Å². The van der Waals surface area contributed by atoms with Crippen molar-refractivity contribution in [2.24, 2.45) is 5.92 Å². The summed E-state index contributed by atoms with van der Waals surface area (Å²) >= 11 is 0. The van der Waals surface area contributed by atoms with E-state index in [1.807, 2.05) is 23.1 Å². The largest absolute Gasteiger partial charge is 0.339 e. The van der Waals surface area contributed by atoms with Crippen molar-refractivity contribution in [3.05, 3.63) is 29.8 Å². The van der Waals surface area contributed by atoms with E-state index in [0.29, 0.717) is 5.56 Å². The van der Waals surface area contributed by atoms with Gasteiger partial charge in [0.1, 0.15) is 0 Å². The van der Waals surface area contributed by atoms with Crippen molar-refractivity contribution >= 4 is 17.5 Å². The lowest BCUT2D eigenvalue weighted by Gasteiger charge is -2.27. The molecule has 0 bridgehead atoms. The zero-order chi connectivity index (χ0) is 16.1. The summed E-state index contributed by atoms with van der Waals surface area (Å²) in [6.07, 6.45) is 5.11. The van der Waals surface area contributed by atoms with Crippen molar-refractivity contribution in [3.63, 3.8) is 0 Å². The normalized spacial score (nSPS) is 19.4. The number of carbonyl (C=O) groups excluding carboxylic acids is 2. The van der Waals surface area contributed by atoms with E-state index in [-0.39, 0.29) is 17.7 Å². The Kier molecular flexibility index (Phi) is 5.28. The van der Waals surface area contributed by atoms with Crippen molar-refractivity contribution in [3.8, 4) is 0 Å². The molecule has 5 heteroatoms. The van der Waals surface area contributed by atoms with Gasteiger partial charge in [-0.25, -0.2) is 0 Å². The van der Waals surface area contributed by atoms with Crippen molar-refractivity contribution in [1.29, 1.82) is 0 Å². The molecule has 0 atom stereocenters. The van der Waals surface area contributed by atoms with Crippen molar-refractivity contribution < 1.29 is 9.59 Å². The molecule has 2 amide bonds. The third-order valence-corrected chi connectivity index (χ3v) is 4.73. The van der Waals surface area contributed by atoms with Crippen LogP contribution in [0.3, 0.4) is 0 Å². The first kappa shape index (κ1) is 16.0. The fourth-order valence-electron chi connectivity index (χ4n) is 3.34. The minimum atomic E-state index is 0.0640. The molecule has 1 aromatic rings. The number of anilines is 1. The Morgan fingerprint density at radius 1 is 1.09 bits per heavy atom. The second-order valence-electron chi connectivity index (χ2n) is 6.45.